The maximum absolute atomic E-state index is 14.0. The number of hydrogen-bond donors (Lipinski definition) is 0. The van der Waals surface area contributed by atoms with Gasteiger partial charge in [-0.15, -0.1) is 10.2 Å². The van der Waals surface area contributed by atoms with Crippen LogP contribution in [-0.2, 0) is 5.75 Å². The normalized spacial score (nSPS) is 10.9. The number of halogens is 1. The standard InChI is InChI=1S/C18H14FN5O2S/c1-25-13-8-6-12(7-9-13)17-21-16(26-23-17)10-27-18-22-20-11-24(18)15-5-3-2-4-14(15)19/h2-9,11H,10H2,1H3. The quantitative estimate of drug-likeness (QED) is 0.469. The molecule has 0 radical (unpaired) electrons. The molecule has 0 aliphatic rings. The van der Waals surface area contributed by atoms with Gasteiger partial charge in [0.05, 0.1) is 18.6 Å². The highest BCUT2D eigenvalue weighted by Gasteiger charge is 2.14. The molecule has 4 aromatic rings. The number of thioether (sulfide) groups is 1. The lowest BCUT2D eigenvalue weighted by atomic mass is 10.2. The van der Waals surface area contributed by atoms with Crippen LogP contribution in [0.4, 0.5) is 4.39 Å². The largest absolute Gasteiger partial charge is 0.497 e. The van der Waals surface area contributed by atoms with Crippen LogP contribution in [0.2, 0.25) is 0 Å². The number of benzene rings is 2. The lowest BCUT2D eigenvalue weighted by Gasteiger charge is -2.05. The third-order valence-electron chi connectivity index (χ3n) is 3.77. The molecule has 0 atom stereocenters. The highest BCUT2D eigenvalue weighted by Crippen LogP contribution is 2.25. The summed E-state index contributed by atoms with van der Waals surface area (Å²) in [6, 6.07) is 13.8. The number of para-hydroxylation sites is 1. The van der Waals surface area contributed by atoms with E-state index in [-0.39, 0.29) is 5.82 Å². The number of methoxy groups -OCH3 is 1. The van der Waals surface area contributed by atoms with Crippen molar-refractivity contribution < 1.29 is 13.7 Å². The van der Waals surface area contributed by atoms with E-state index in [1.54, 1.807) is 29.9 Å². The van der Waals surface area contributed by atoms with Gasteiger partial charge in [0.2, 0.25) is 11.7 Å². The molecule has 0 spiro atoms. The predicted molar refractivity (Wildman–Crippen MR) is 97.2 cm³/mol. The van der Waals surface area contributed by atoms with Crippen LogP contribution in [0.3, 0.4) is 0 Å². The van der Waals surface area contributed by atoms with Crippen molar-refractivity contribution >= 4 is 11.8 Å². The summed E-state index contributed by atoms with van der Waals surface area (Å²) in [6.07, 6.45) is 1.47. The third kappa shape index (κ3) is 3.68. The van der Waals surface area contributed by atoms with Gasteiger partial charge in [-0.1, -0.05) is 29.1 Å². The highest BCUT2D eigenvalue weighted by atomic mass is 32.2. The summed E-state index contributed by atoms with van der Waals surface area (Å²) in [5.74, 6) is 1.72. The Morgan fingerprint density at radius 3 is 2.74 bits per heavy atom. The molecule has 2 heterocycles. The van der Waals surface area contributed by atoms with Crippen LogP contribution >= 0.6 is 11.8 Å². The molecular weight excluding hydrogens is 369 g/mol. The second kappa shape index (κ2) is 7.58. The first-order valence-electron chi connectivity index (χ1n) is 7.99. The molecule has 7 nitrogen and oxygen atoms in total. The molecule has 0 fully saturated rings. The van der Waals surface area contributed by atoms with Crippen LogP contribution in [0, 0.1) is 5.82 Å². The van der Waals surface area contributed by atoms with E-state index in [9.17, 15) is 4.39 Å². The molecule has 0 unspecified atom stereocenters. The van der Waals surface area contributed by atoms with Crippen molar-refractivity contribution in [2.45, 2.75) is 10.9 Å². The Balaban J connectivity index is 1.48. The number of ether oxygens (including phenoxy) is 1. The molecule has 0 saturated carbocycles. The zero-order valence-corrected chi connectivity index (χ0v) is 15.1. The van der Waals surface area contributed by atoms with Crippen molar-refractivity contribution in [2.75, 3.05) is 7.11 Å². The van der Waals surface area contributed by atoms with Gasteiger partial charge in [0.15, 0.2) is 5.16 Å². The Bertz CT molecular complexity index is 1050. The summed E-state index contributed by atoms with van der Waals surface area (Å²) in [5, 5.41) is 12.4. The van der Waals surface area contributed by atoms with Crippen molar-refractivity contribution in [1.29, 1.82) is 0 Å². The molecule has 0 N–H and O–H groups in total. The Labute approximate surface area is 158 Å². The van der Waals surface area contributed by atoms with E-state index in [4.69, 9.17) is 9.26 Å². The van der Waals surface area contributed by atoms with Gasteiger partial charge in [0.25, 0.3) is 0 Å². The van der Waals surface area contributed by atoms with Crippen LogP contribution in [0.1, 0.15) is 5.89 Å². The zero-order valence-electron chi connectivity index (χ0n) is 14.2. The number of hydrogen-bond acceptors (Lipinski definition) is 7. The van der Waals surface area contributed by atoms with Gasteiger partial charge in [0.1, 0.15) is 17.9 Å². The fraction of sp³-hybridized carbons (Fsp3) is 0.111. The molecule has 2 aromatic carbocycles. The van der Waals surface area contributed by atoms with Gasteiger partial charge in [-0.25, -0.2) is 4.39 Å². The topological polar surface area (TPSA) is 78.9 Å². The van der Waals surface area contributed by atoms with Gasteiger partial charge < -0.3 is 9.26 Å². The summed E-state index contributed by atoms with van der Waals surface area (Å²) >= 11 is 1.33. The summed E-state index contributed by atoms with van der Waals surface area (Å²) < 4.78 is 26.0. The third-order valence-corrected chi connectivity index (χ3v) is 4.70. The van der Waals surface area contributed by atoms with E-state index in [1.807, 2.05) is 24.3 Å². The maximum Gasteiger partial charge on any atom is 0.237 e. The Morgan fingerprint density at radius 1 is 1.15 bits per heavy atom. The van der Waals surface area contributed by atoms with Gasteiger partial charge in [-0.3, -0.25) is 4.57 Å². The second-order valence-electron chi connectivity index (χ2n) is 5.46. The van der Waals surface area contributed by atoms with Gasteiger partial charge in [-0.05, 0) is 36.4 Å². The second-order valence-corrected chi connectivity index (χ2v) is 6.41. The minimum atomic E-state index is -0.348. The van der Waals surface area contributed by atoms with Crippen LogP contribution < -0.4 is 4.74 Å². The zero-order chi connectivity index (χ0) is 18.6. The van der Waals surface area contributed by atoms with E-state index in [2.05, 4.69) is 20.3 Å². The van der Waals surface area contributed by atoms with E-state index >= 15 is 0 Å². The van der Waals surface area contributed by atoms with E-state index in [0.717, 1.165) is 11.3 Å². The van der Waals surface area contributed by atoms with Gasteiger partial charge >= 0.3 is 0 Å². The van der Waals surface area contributed by atoms with Crippen molar-refractivity contribution in [3.05, 3.63) is 66.6 Å². The fourth-order valence-electron chi connectivity index (χ4n) is 2.43. The molecule has 0 saturated heterocycles. The van der Waals surface area contributed by atoms with Crippen molar-refractivity contribution in [1.82, 2.24) is 24.9 Å². The minimum Gasteiger partial charge on any atom is -0.497 e. The van der Waals surface area contributed by atoms with E-state index < -0.39 is 0 Å². The molecule has 0 aliphatic carbocycles. The SMILES string of the molecule is COc1ccc(-c2noc(CSc3nncn3-c3ccccc3F)n2)cc1. The van der Waals surface area contributed by atoms with Crippen LogP contribution in [0.25, 0.3) is 17.1 Å². The number of aromatic nitrogens is 5. The van der Waals surface area contributed by atoms with E-state index in [0.29, 0.717) is 28.3 Å². The molecule has 27 heavy (non-hydrogen) atoms. The first-order valence-corrected chi connectivity index (χ1v) is 8.98. The molecule has 0 bridgehead atoms. The Kier molecular flexibility index (Phi) is 4.84. The first kappa shape index (κ1) is 17.2. The smallest absolute Gasteiger partial charge is 0.237 e. The first-order chi connectivity index (χ1) is 13.2. The minimum absolute atomic E-state index is 0.348. The average molecular weight is 383 g/mol. The lowest BCUT2D eigenvalue weighted by molar-refractivity contribution is 0.391. The van der Waals surface area contributed by atoms with Crippen LogP contribution in [0.5, 0.6) is 5.75 Å². The molecule has 0 amide bonds. The van der Waals surface area contributed by atoms with Gasteiger partial charge in [-0.2, -0.15) is 4.98 Å². The molecule has 4 rings (SSSR count). The van der Waals surface area contributed by atoms with Crippen molar-refractivity contribution in [3.63, 3.8) is 0 Å². The van der Waals surface area contributed by atoms with E-state index in [1.165, 1.54) is 24.2 Å². The highest BCUT2D eigenvalue weighted by molar-refractivity contribution is 7.98. The van der Waals surface area contributed by atoms with Crippen LogP contribution in [-0.4, -0.2) is 32.0 Å². The van der Waals surface area contributed by atoms with Crippen molar-refractivity contribution in [2.24, 2.45) is 0 Å². The molecule has 136 valence electrons. The number of nitrogens with zero attached hydrogens (tertiary/aromatic N) is 5. The molecule has 9 heteroatoms. The monoisotopic (exact) mass is 383 g/mol. The average Bonchev–Trinajstić information content (AvgIpc) is 3.36. The summed E-state index contributed by atoms with van der Waals surface area (Å²) in [7, 11) is 1.61. The lowest BCUT2D eigenvalue weighted by Crippen LogP contribution is -1.98. The fourth-order valence-corrected chi connectivity index (χ4v) is 3.19. The summed E-state index contributed by atoms with van der Waals surface area (Å²) in [5.41, 5.74) is 1.21. The summed E-state index contributed by atoms with van der Waals surface area (Å²) in [6.45, 7) is 0. The Morgan fingerprint density at radius 2 is 1.96 bits per heavy atom. The van der Waals surface area contributed by atoms with Crippen molar-refractivity contribution in [3.8, 4) is 22.8 Å². The van der Waals surface area contributed by atoms with Crippen LogP contribution in [0.15, 0.2) is 64.5 Å². The number of rotatable bonds is 6. The Hall–Kier alpha value is -3.20. The molecular formula is C18H14FN5O2S. The molecule has 0 aliphatic heterocycles. The maximum atomic E-state index is 14.0. The summed E-state index contributed by atoms with van der Waals surface area (Å²) in [4.78, 5) is 4.38. The van der Waals surface area contributed by atoms with Gasteiger partial charge in [0, 0.05) is 5.56 Å². The molecule has 2 aromatic heterocycles. The predicted octanol–water partition coefficient (Wildman–Crippen LogP) is 3.76.